The first-order valence-electron chi connectivity index (χ1n) is 13.4. The predicted molar refractivity (Wildman–Crippen MR) is 155 cm³/mol. The van der Waals surface area contributed by atoms with Gasteiger partial charge in [0.25, 0.3) is 5.89 Å². The second-order valence-electron chi connectivity index (χ2n) is 9.70. The molecule has 1 aromatic heterocycles. The number of nitrogens with one attached hydrogen (secondary N) is 1. The van der Waals surface area contributed by atoms with Crippen LogP contribution in [0.25, 0.3) is 11.1 Å². The quantitative estimate of drug-likeness (QED) is 0.155. The molecule has 0 aliphatic rings. The number of nitrogens with zero attached hydrogens (tertiary/aromatic N) is 1. The first-order chi connectivity index (χ1) is 19.7. The molecule has 0 aliphatic heterocycles. The van der Waals surface area contributed by atoms with E-state index in [0.717, 1.165) is 0 Å². The van der Waals surface area contributed by atoms with Gasteiger partial charge in [-0.2, -0.15) is 0 Å². The van der Waals surface area contributed by atoms with Crippen molar-refractivity contribution in [3.05, 3.63) is 90.8 Å². The zero-order valence-corrected chi connectivity index (χ0v) is 24.1. The van der Waals surface area contributed by atoms with Gasteiger partial charge in [0.2, 0.25) is 11.7 Å². The molecule has 0 saturated carbocycles. The van der Waals surface area contributed by atoms with Crippen LogP contribution in [0.3, 0.4) is 0 Å². The Bertz CT molecular complexity index is 1580. The third-order valence-corrected chi connectivity index (χ3v) is 10.2. The lowest BCUT2D eigenvalue weighted by molar-refractivity contribution is -0.125. The Kier molecular flexibility index (Phi) is 10.1. The van der Waals surface area contributed by atoms with E-state index in [1.807, 2.05) is 6.07 Å². The van der Waals surface area contributed by atoms with Crippen molar-refractivity contribution in [1.29, 1.82) is 0 Å². The number of rotatable bonds is 15. The summed E-state index contributed by atoms with van der Waals surface area (Å²) in [6.45, 7) is 0.257. The minimum absolute atomic E-state index is 0.0242. The minimum atomic E-state index is -3.65. The number of hydrogen-bond acceptors (Lipinski definition) is 8. The van der Waals surface area contributed by atoms with Crippen LogP contribution in [0.4, 0.5) is 0 Å². The van der Waals surface area contributed by atoms with Gasteiger partial charge in [-0.25, -0.2) is 21.8 Å². The van der Waals surface area contributed by atoms with Crippen molar-refractivity contribution in [2.45, 2.75) is 41.9 Å². The van der Waals surface area contributed by atoms with Crippen LogP contribution in [0.5, 0.6) is 0 Å². The van der Waals surface area contributed by atoms with Crippen LogP contribution in [-0.2, 0) is 24.5 Å². The Morgan fingerprint density at radius 3 is 1.83 bits per heavy atom. The van der Waals surface area contributed by atoms with Crippen LogP contribution in [0, 0.1) is 5.92 Å². The monoisotopic (exact) mass is 596 g/mol. The maximum atomic E-state index is 13.1. The molecular weight excluding hydrogens is 564 g/mol. The number of oxazole rings is 1. The number of ketones is 1. The van der Waals surface area contributed by atoms with E-state index < -0.39 is 31.5 Å². The van der Waals surface area contributed by atoms with E-state index in [1.54, 1.807) is 54.6 Å². The van der Waals surface area contributed by atoms with Gasteiger partial charge in [-0.1, -0.05) is 48.5 Å². The van der Waals surface area contributed by atoms with Crippen molar-refractivity contribution in [3.63, 3.8) is 0 Å². The number of benzene rings is 3. The third kappa shape index (κ3) is 8.34. The summed E-state index contributed by atoms with van der Waals surface area (Å²) in [4.78, 5) is 30.0. The number of fused-ring (bicyclic) bond motifs is 1. The van der Waals surface area contributed by atoms with E-state index in [0.29, 0.717) is 23.9 Å². The van der Waals surface area contributed by atoms with Gasteiger partial charge in [-0.15, -0.1) is 0 Å². The maximum absolute atomic E-state index is 13.1. The standard InChI is InChI=1S/C30H32N2O7S2/c33-27(30-32-26-15-7-8-17-28(26)39-30)16-9-10-20-31-29(34)23(18-21-40(35,36)24-11-3-1-4-12-24)19-22-41(37,38)25-13-5-2-6-14-25/h1-8,11-15,17,23H,9-10,16,18-22H2,(H,31,34). The van der Waals surface area contributed by atoms with Crippen molar-refractivity contribution in [2.75, 3.05) is 18.1 Å². The summed E-state index contributed by atoms with van der Waals surface area (Å²) >= 11 is 0. The molecule has 216 valence electrons. The molecule has 9 nitrogen and oxygen atoms in total. The number of amides is 1. The first kappa shape index (κ1) is 30.1. The Hall–Kier alpha value is -3.83. The summed E-state index contributed by atoms with van der Waals surface area (Å²) in [5, 5.41) is 2.79. The zero-order chi connectivity index (χ0) is 29.3. The molecule has 4 aromatic rings. The van der Waals surface area contributed by atoms with E-state index in [-0.39, 0.29) is 58.8 Å². The second kappa shape index (κ2) is 13.7. The molecule has 0 unspecified atom stereocenters. The van der Waals surface area contributed by atoms with Crippen LogP contribution < -0.4 is 5.32 Å². The highest BCUT2D eigenvalue weighted by molar-refractivity contribution is 7.91. The molecule has 0 aliphatic carbocycles. The van der Waals surface area contributed by atoms with Gasteiger partial charge in [-0.05, 0) is 62.1 Å². The molecule has 0 saturated heterocycles. The fourth-order valence-corrected chi connectivity index (χ4v) is 7.16. The molecule has 0 fully saturated rings. The van der Waals surface area contributed by atoms with E-state index in [1.165, 1.54) is 24.3 Å². The third-order valence-electron chi connectivity index (χ3n) is 6.71. The van der Waals surface area contributed by atoms with Crippen LogP contribution in [0.1, 0.15) is 42.8 Å². The molecule has 4 rings (SSSR count). The summed E-state index contributed by atoms with van der Waals surface area (Å²) in [6, 6.07) is 23.0. The molecule has 1 N–H and O–H groups in total. The van der Waals surface area contributed by atoms with Crippen LogP contribution in [0.15, 0.2) is 99.1 Å². The van der Waals surface area contributed by atoms with Crippen molar-refractivity contribution in [2.24, 2.45) is 5.92 Å². The lowest BCUT2D eigenvalue weighted by atomic mass is 10.0. The summed E-state index contributed by atoms with van der Waals surface area (Å²) < 4.78 is 56.8. The van der Waals surface area contributed by atoms with Gasteiger partial charge in [-0.3, -0.25) is 9.59 Å². The lowest BCUT2D eigenvalue weighted by Crippen LogP contribution is -2.33. The first-order valence-corrected chi connectivity index (χ1v) is 16.7. The largest absolute Gasteiger partial charge is 0.434 e. The Balaban J connectivity index is 1.32. The number of carbonyl (C=O) groups is 2. The van der Waals surface area contributed by atoms with Crippen molar-refractivity contribution in [1.82, 2.24) is 10.3 Å². The molecule has 1 amide bonds. The van der Waals surface area contributed by atoms with E-state index >= 15 is 0 Å². The number of hydrogen-bond donors (Lipinski definition) is 1. The number of unbranched alkanes of at least 4 members (excludes halogenated alkanes) is 1. The molecule has 0 bridgehead atoms. The van der Waals surface area contributed by atoms with Crippen molar-refractivity contribution < 1.29 is 30.8 Å². The topological polar surface area (TPSA) is 140 Å². The van der Waals surface area contributed by atoms with Crippen molar-refractivity contribution in [3.8, 4) is 0 Å². The highest BCUT2D eigenvalue weighted by atomic mass is 32.2. The highest BCUT2D eigenvalue weighted by Gasteiger charge is 2.26. The smallest absolute Gasteiger partial charge is 0.264 e. The number of para-hydroxylation sites is 2. The summed E-state index contributed by atoms with van der Waals surface area (Å²) in [6.07, 6.45) is 1.12. The van der Waals surface area contributed by atoms with E-state index in [4.69, 9.17) is 4.42 Å². The molecule has 0 atom stereocenters. The normalized spacial score (nSPS) is 12.0. The predicted octanol–water partition coefficient (Wildman–Crippen LogP) is 4.64. The van der Waals surface area contributed by atoms with Gasteiger partial charge >= 0.3 is 0 Å². The lowest BCUT2D eigenvalue weighted by Gasteiger charge is -2.17. The van der Waals surface area contributed by atoms with E-state index in [2.05, 4.69) is 10.3 Å². The van der Waals surface area contributed by atoms with Crippen LogP contribution in [-0.4, -0.2) is 51.6 Å². The van der Waals surface area contributed by atoms with E-state index in [9.17, 15) is 26.4 Å². The van der Waals surface area contributed by atoms with Crippen LogP contribution in [0.2, 0.25) is 0 Å². The summed E-state index contributed by atoms with van der Waals surface area (Å²) in [7, 11) is -7.30. The summed E-state index contributed by atoms with van der Waals surface area (Å²) in [5.74, 6) is -2.01. The van der Waals surface area contributed by atoms with Gasteiger partial charge in [0.05, 0.1) is 21.3 Å². The molecule has 0 radical (unpaired) electrons. The molecular formula is C30H32N2O7S2. The Labute approximate surface area is 239 Å². The molecule has 3 aromatic carbocycles. The number of sulfone groups is 2. The SMILES string of the molecule is O=C(CCCCNC(=O)C(CCS(=O)(=O)c1ccccc1)CCS(=O)(=O)c1ccccc1)c1nc2ccccc2o1. The van der Waals surface area contributed by atoms with Gasteiger partial charge in [0.15, 0.2) is 25.3 Å². The summed E-state index contributed by atoms with van der Waals surface area (Å²) in [5.41, 5.74) is 1.15. The van der Waals surface area contributed by atoms with Crippen molar-refractivity contribution >= 4 is 42.5 Å². The minimum Gasteiger partial charge on any atom is -0.434 e. The van der Waals surface area contributed by atoms with Crippen LogP contribution >= 0.6 is 0 Å². The second-order valence-corrected chi connectivity index (χ2v) is 13.9. The molecule has 1 heterocycles. The fraction of sp³-hybridized carbons (Fsp3) is 0.300. The highest BCUT2D eigenvalue weighted by Crippen LogP contribution is 2.20. The Morgan fingerprint density at radius 2 is 1.27 bits per heavy atom. The van der Waals surface area contributed by atoms with Gasteiger partial charge in [0.1, 0.15) is 5.52 Å². The average molecular weight is 597 g/mol. The molecule has 41 heavy (non-hydrogen) atoms. The fourth-order valence-electron chi connectivity index (χ4n) is 4.36. The van der Waals surface area contributed by atoms with Gasteiger partial charge < -0.3 is 9.73 Å². The molecule has 0 spiro atoms. The number of aromatic nitrogens is 1. The maximum Gasteiger partial charge on any atom is 0.264 e. The Morgan fingerprint density at radius 1 is 0.732 bits per heavy atom. The molecule has 11 heteroatoms. The van der Waals surface area contributed by atoms with Gasteiger partial charge in [0, 0.05) is 18.9 Å². The average Bonchev–Trinajstić information content (AvgIpc) is 3.42. The number of Topliss-reactive ketones (excluding diaryl/α,β-unsaturated/α-hetero) is 1. The number of carbonyl (C=O) groups excluding carboxylic acids is 2. The zero-order valence-electron chi connectivity index (χ0n) is 22.4.